The van der Waals surface area contributed by atoms with Crippen molar-refractivity contribution in [2.75, 3.05) is 16.4 Å². The maximum Gasteiger partial charge on any atom is 0.217 e. The minimum Gasteiger partial charge on any atom is -0.346 e. The molecule has 0 aliphatic carbocycles. The average Bonchev–Trinajstić information content (AvgIpc) is 3.09. The molecule has 5 heteroatoms. The topological polar surface area (TPSA) is 52.7 Å². The highest BCUT2D eigenvalue weighted by Gasteiger charge is 2.40. The van der Waals surface area contributed by atoms with Crippen LogP contribution < -0.4 is 10.6 Å². The zero-order valence-electron chi connectivity index (χ0n) is 11.7. The lowest BCUT2D eigenvalue weighted by atomic mass is 10.3. The third kappa shape index (κ3) is 1.96. The number of imidazole rings is 1. The zero-order valence-corrected chi connectivity index (χ0v) is 12.5. The van der Waals surface area contributed by atoms with Crippen molar-refractivity contribution in [2.24, 2.45) is 0 Å². The van der Waals surface area contributed by atoms with Crippen LogP contribution in [0.2, 0.25) is 0 Å². The van der Waals surface area contributed by atoms with Gasteiger partial charge < -0.3 is 15.6 Å². The Morgan fingerprint density at radius 3 is 2.33 bits per heavy atom. The molecule has 3 aromatic rings. The highest BCUT2D eigenvalue weighted by Crippen LogP contribution is 2.45. The van der Waals surface area contributed by atoms with Gasteiger partial charge in [-0.25, -0.2) is 4.98 Å². The Bertz CT molecular complexity index is 738. The van der Waals surface area contributed by atoms with Crippen molar-refractivity contribution in [3.05, 3.63) is 54.4 Å². The van der Waals surface area contributed by atoms with Gasteiger partial charge >= 0.3 is 0 Å². The molecule has 0 amide bonds. The molecular weight excluding hydrogens is 280 g/mol. The van der Waals surface area contributed by atoms with E-state index in [0.29, 0.717) is 0 Å². The number of fused-ring (bicyclic) bond motifs is 2. The summed E-state index contributed by atoms with van der Waals surface area (Å²) in [6.45, 7) is 2.15. The van der Waals surface area contributed by atoms with Gasteiger partial charge in [-0.05, 0) is 30.0 Å². The van der Waals surface area contributed by atoms with E-state index < -0.39 is 4.99 Å². The van der Waals surface area contributed by atoms with Crippen LogP contribution in [-0.2, 0) is 4.99 Å². The summed E-state index contributed by atoms with van der Waals surface area (Å²) >= 11 is 1.80. The number of nitrogens with zero attached hydrogens (tertiary/aromatic N) is 1. The Morgan fingerprint density at radius 1 is 1.00 bits per heavy atom. The summed E-state index contributed by atoms with van der Waals surface area (Å²) in [5.41, 5.74) is 4.27. The first-order chi connectivity index (χ1) is 10.3. The second-order valence-corrected chi connectivity index (χ2v) is 6.49. The summed E-state index contributed by atoms with van der Waals surface area (Å²) in [7, 11) is 0. The van der Waals surface area contributed by atoms with Gasteiger partial charge in [0.25, 0.3) is 0 Å². The van der Waals surface area contributed by atoms with Crippen LogP contribution in [0.3, 0.4) is 0 Å². The first-order valence-electron chi connectivity index (χ1n) is 7.05. The predicted molar refractivity (Wildman–Crippen MR) is 89.6 cm³/mol. The molecule has 0 fully saturated rings. The van der Waals surface area contributed by atoms with Crippen molar-refractivity contribution in [1.29, 1.82) is 0 Å². The van der Waals surface area contributed by atoms with Crippen LogP contribution in [0, 0.1) is 0 Å². The summed E-state index contributed by atoms with van der Waals surface area (Å²) in [5, 5.41) is 7.17. The molecule has 3 N–H and O–H groups in total. The van der Waals surface area contributed by atoms with E-state index >= 15 is 0 Å². The zero-order chi connectivity index (χ0) is 14.3. The number of rotatable bonds is 3. The van der Waals surface area contributed by atoms with E-state index in [0.717, 1.165) is 34.0 Å². The molecule has 4 nitrogen and oxygen atoms in total. The fourth-order valence-electron chi connectivity index (χ4n) is 2.71. The highest BCUT2D eigenvalue weighted by atomic mass is 32.2. The predicted octanol–water partition coefficient (Wildman–Crippen LogP) is 3.96. The molecule has 1 aliphatic rings. The molecule has 0 atom stereocenters. The first-order valence-corrected chi connectivity index (χ1v) is 8.04. The molecule has 4 rings (SSSR count). The van der Waals surface area contributed by atoms with Gasteiger partial charge in [-0.3, -0.25) is 0 Å². The molecule has 21 heavy (non-hydrogen) atoms. The number of thioether (sulfide) groups is 1. The van der Waals surface area contributed by atoms with Crippen molar-refractivity contribution < 1.29 is 0 Å². The van der Waals surface area contributed by atoms with Crippen molar-refractivity contribution in [3.8, 4) is 0 Å². The standard InChI is InChI=1S/C16H16N4S/c1-2-21-16(19-13-9-5-6-10-14(13)20-16)15-17-11-7-3-4-8-12(11)18-15/h3-10,19-20H,2H2,1H3,(H,17,18). The van der Waals surface area contributed by atoms with E-state index in [-0.39, 0.29) is 0 Å². The molecule has 106 valence electrons. The number of hydrogen-bond donors (Lipinski definition) is 3. The summed E-state index contributed by atoms with van der Waals surface area (Å²) < 4.78 is 0. The monoisotopic (exact) mass is 296 g/mol. The quantitative estimate of drug-likeness (QED) is 0.684. The molecule has 0 unspecified atom stereocenters. The molecule has 2 heterocycles. The van der Waals surface area contributed by atoms with Crippen LogP contribution >= 0.6 is 11.8 Å². The van der Waals surface area contributed by atoms with Gasteiger partial charge in [0.05, 0.1) is 22.4 Å². The Hall–Kier alpha value is -2.14. The number of anilines is 2. The van der Waals surface area contributed by atoms with Gasteiger partial charge in [0.15, 0.2) is 5.82 Å². The van der Waals surface area contributed by atoms with Gasteiger partial charge in [0, 0.05) is 0 Å². The van der Waals surface area contributed by atoms with Crippen LogP contribution in [0.1, 0.15) is 12.7 Å². The molecule has 0 radical (unpaired) electrons. The minimum absolute atomic E-state index is 0.433. The molecule has 1 aromatic heterocycles. The van der Waals surface area contributed by atoms with Crippen molar-refractivity contribution >= 4 is 34.2 Å². The Labute approximate surface area is 127 Å². The van der Waals surface area contributed by atoms with Crippen LogP contribution in [0.4, 0.5) is 11.4 Å². The van der Waals surface area contributed by atoms with E-state index in [1.165, 1.54) is 0 Å². The molecule has 2 aromatic carbocycles. The highest BCUT2D eigenvalue weighted by molar-refractivity contribution is 8.00. The maximum absolute atomic E-state index is 4.77. The Morgan fingerprint density at radius 2 is 1.67 bits per heavy atom. The van der Waals surface area contributed by atoms with Crippen LogP contribution in [0.5, 0.6) is 0 Å². The van der Waals surface area contributed by atoms with Gasteiger partial charge in [0.1, 0.15) is 0 Å². The third-order valence-corrected chi connectivity index (χ3v) is 4.75. The Balaban J connectivity index is 1.82. The lowest BCUT2D eigenvalue weighted by Gasteiger charge is -2.27. The molecule has 0 saturated carbocycles. The number of aromatic amines is 1. The molecule has 0 bridgehead atoms. The molecule has 1 aliphatic heterocycles. The van der Waals surface area contributed by atoms with Crippen LogP contribution in [-0.4, -0.2) is 15.7 Å². The normalized spacial score (nSPS) is 15.5. The smallest absolute Gasteiger partial charge is 0.217 e. The van der Waals surface area contributed by atoms with E-state index in [2.05, 4.69) is 40.7 Å². The summed E-state index contributed by atoms with van der Waals surface area (Å²) in [4.78, 5) is 7.78. The van der Waals surface area contributed by atoms with Gasteiger partial charge in [0.2, 0.25) is 4.99 Å². The van der Waals surface area contributed by atoms with Crippen molar-refractivity contribution in [3.63, 3.8) is 0 Å². The summed E-state index contributed by atoms with van der Waals surface area (Å²) in [5.74, 6) is 1.89. The summed E-state index contributed by atoms with van der Waals surface area (Å²) in [6.07, 6.45) is 0. The number of benzene rings is 2. The minimum atomic E-state index is -0.433. The SMILES string of the molecule is CCSC1(c2nc3ccccc3[nH]2)Nc2ccccc2N1. The lowest BCUT2D eigenvalue weighted by Crippen LogP contribution is -2.36. The summed E-state index contributed by atoms with van der Waals surface area (Å²) in [6, 6.07) is 16.4. The van der Waals surface area contributed by atoms with Crippen molar-refractivity contribution in [2.45, 2.75) is 11.9 Å². The fraction of sp³-hybridized carbons (Fsp3) is 0.188. The number of aromatic nitrogens is 2. The van der Waals surface area contributed by atoms with E-state index in [1.807, 2.05) is 30.3 Å². The number of para-hydroxylation sites is 4. The van der Waals surface area contributed by atoms with E-state index in [9.17, 15) is 0 Å². The fourth-order valence-corrected chi connectivity index (χ4v) is 3.74. The van der Waals surface area contributed by atoms with Gasteiger partial charge in [-0.15, -0.1) is 11.8 Å². The lowest BCUT2D eigenvalue weighted by molar-refractivity contribution is 0.786. The van der Waals surface area contributed by atoms with Crippen LogP contribution in [0.25, 0.3) is 11.0 Å². The second kappa shape index (κ2) is 4.70. The number of H-pyrrole nitrogens is 1. The first kappa shape index (κ1) is 12.6. The molecular formula is C16H16N4S. The maximum atomic E-state index is 4.77. The van der Waals surface area contributed by atoms with Crippen molar-refractivity contribution in [1.82, 2.24) is 9.97 Å². The second-order valence-electron chi connectivity index (χ2n) is 5.01. The largest absolute Gasteiger partial charge is 0.346 e. The number of nitrogens with one attached hydrogen (secondary N) is 3. The van der Waals surface area contributed by atoms with Crippen LogP contribution in [0.15, 0.2) is 48.5 Å². The van der Waals surface area contributed by atoms with Gasteiger partial charge in [-0.1, -0.05) is 31.2 Å². The molecule has 0 saturated heterocycles. The van der Waals surface area contributed by atoms with Gasteiger partial charge in [-0.2, -0.15) is 0 Å². The average molecular weight is 296 g/mol. The third-order valence-electron chi connectivity index (χ3n) is 3.63. The van der Waals surface area contributed by atoms with E-state index in [4.69, 9.17) is 4.98 Å². The Kier molecular flexibility index (Phi) is 2.82. The molecule has 0 spiro atoms. The van der Waals surface area contributed by atoms with E-state index in [1.54, 1.807) is 11.8 Å². The number of hydrogen-bond acceptors (Lipinski definition) is 4.